The Bertz CT molecular complexity index is 958. The highest BCUT2D eigenvalue weighted by molar-refractivity contribution is 6.32. The van der Waals surface area contributed by atoms with Gasteiger partial charge < -0.3 is 10.1 Å². The molecule has 0 spiro atoms. The Hall–Kier alpha value is -3.46. The summed E-state index contributed by atoms with van der Waals surface area (Å²) in [7, 11) is 0. The highest BCUT2D eigenvalue weighted by atomic mass is 35.5. The van der Waals surface area contributed by atoms with E-state index in [-0.39, 0.29) is 11.3 Å². The van der Waals surface area contributed by atoms with Crippen LogP contribution in [0.2, 0.25) is 5.02 Å². The Labute approximate surface area is 150 Å². The normalized spacial score (nSPS) is 9.28. The topological polar surface area (TPSA) is 92.6 Å². The highest BCUT2D eigenvalue weighted by Crippen LogP contribution is 2.32. The molecule has 0 unspecified atom stereocenters. The van der Waals surface area contributed by atoms with Crippen molar-refractivity contribution >= 4 is 17.3 Å². The number of anilines is 1. The molecule has 25 heavy (non-hydrogen) atoms. The highest BCUT2D eigenvalue weighted by Gasteiger charge is 2.09. The van der Waals surface area contributed by atoms with Crippen LogP contribution in [0.25, 0.3) is 0 Å². The molecule has 0 bridgehead atoms. The van der Waals surface area contributed by atoms with Gasteiger partial charge in [0.15, 0.2) is 5.57 Å². The fourth-order valence-corrected chi connectivity index (χ4v) is 2.21. The molecule has 0 amide bonds. The van der Waals surface area contributed by atoms with Gasteiger partial charge in [-0.2, -0.15) is 15.8 Å². The maximum absolute atomic E-state index is 9.06. The Morgan fingerprint density at radius 2 is 1.68 bits per heavy atom. The lowest BCUT2D eigenvalue weighted by atomic mass is 10.1. The van der Waals surface area contributed by atoms with Crippen molar-refractivity contribution in [2.45, 2.75) is 13.8 Å². The molecule has 2 rings (SSSR count). The molecule has 0 aliphatic heterocycles. The summed E-state index contributed by atoms with van der Waals surface area (Å²) in [5, 5.41) is 29.8. The smallest absolute Gasteiger partial charge is 0.163 e. The Balaban J connectivity index is 2.25. The minimum absolute atomic E-state index is 0.135. The first-order chi connectivity index (χ1) is 12.0. The molecule has 0 saturated heterocycles. The van der Waals surface area contributed by atoms with Gasteiger partial charge >= 0.3 is 0 Å². The predicted octanol–water partition coefficient (Wildman–Crippen LogP) is 4.99. The Kier molecular flexibility index (Phi) is 5.64. The van der Waals surface area contributed by atoms with Crippen molar-refractivity contribution in [3.05, 3.63) is 63.8 Å². The fraction of sp³-hybridized carbons (Fsp3) is 0.105. The number of hydrogen-bond donors (Lipinski definition) is 1. The molecule has 6 heteroatoms. The number of aryl methyl sites for hydroxylation is 2. The van der Waals surface area contributed by atoms with Gasteiger partial charge in [0.2, 0.25) is 0 Å². The summed E-state index contributed by atoms with van der Waals surface area (Å²) in [6, 6.07) is 15.7. The minimum atomic E-state index is -0.297. The number of rotatable bonds is 4. The van der Waals surface area contributed by atoms with E-state index in [9.17, 15) is 0 Å². The summed E-state index contributed by atoms with van der Waals surface area (Å²) in [5.41, 5.74) is 2.31. The van der Waals surface area contributed by atoms with Gasteiger partial charge in [-0.1, -0.05) is 17.7 Å². The summed E-state index contributed by atoms with van der Waals surface area (Å²) in [6.07, 6.45) is 0. The number of allylic oxidation sites excluding steroid dienone is 2. The van der Waals surface area contributed by atoms with Crippen molar-refractivity contribution in [1.82, 2.24) is 0 Å². The number of ether oxygens (including phenoxy) is 1. The molecule has 0 radical (unpaired) electrons. The Morgan fingerprint density at radius 3 is 2.24 bits per heavy atom. The maximum Gasteiger partial charge on any atom is 0.163 e. The molecule has 122 valence electrons. The summed E-state index contributed by atoms with van der Waals surface area (Å²) in [5.74, 6) is 1.12. The second-order valence-electron chi connectivity index (χ2n) is 5.20. The van der Waals surface area contributed by atoms with Gasteiger partial charge in [0.1, 0.15) is 35.4 Å². The molecule has 0 fully saturated rings. The first-order valence-electron chi connectivity index (χ1n) is 7.24. The van der Waals surface area contributed by atoms with Crippen LogP contribution >= 0.6 is 11.6 Å². The zero-order valence-corrected chi connectivity index (χ0v) is 14.3. The maximum atomic E-state index is 9.06. The van der Waals surface area contributed by atoms with Crippen LogP contribution in [0.15, 0.2) is 47.7 Å². The van der Waals surface area contributed by atoms with Gasteiger partial charge in [-0.25, -0.2) is 0 Å². The zero-order valence-electron chi connectivity index (χ0n) is 13.6. The largest absolute Gasteiger partial charge is 0.456 e. The van der Waals surface area contributed by atoms with E-state index in [0.29, 0.717) is 22.2 Å². The van der Waals surface area contributed by atoms with Gasteiger partial charge in [0.25, 0.3) is 0 Å². The van der Waals surface area contributed by atoms with Gasteiger partial charge in [-0.3, -0.25) is 0 Å². The lowest BCUT2D eigenvalue weighted by molar-refractivity contribution is 0.482. The van der Waals surface area contributed by atoms with E-state index in [4.69, 9.17) is 32.1 Å². The summed E-state index contributed by atoms with van der Waals surface area (Å²) in [4.78, 5) is 0. The number of nitrogens with zero attached hydrogens (tertiary/aromatic N) is 3. The van der Waals surface area contributed by atoms with E-state index in [0.717, 1.165) is 5.56 Å². The van der Waals surface area contributed by atoms with Crippen molar-refractivity contribution in [3.8, 4) is 29.7 Å². The minimum Gasteiger partial charge on any atom is -0.456 e. The van der Waals surface area contributed by atoms with Gasteiger partial charge in [-0.05, 0) is 55.3 Å². The molecule has 2 aromatic carbocycles. The fourth-order valence-electron chi connectivity index (χ4n) is 1.99. The SMILES string of the molecule is Cc1ccc(Oc2ccc(NC(C#N)=C(C#N)C#N)cc2Cl)cc1C. The molecule has 2 aromatic rings. The van der Waals surface area contributed by atoms with E-state index in [1.165, 1.54) is 5.56 Å². The molecule has 0 heterocycles. The van der Waals surface area contributed by atoms with Gasteiger partial charge in [0, 0.05) is 5.69 Å². The molecular weight excluding hydrogens is 336 g/mol. The van der Waals surface area contributed by atoms with Crippen molar-refractivity contribution in [2.75, 3.05) is 5.32 Å². The van der Waals surface area contributed by atoms with Crippen molar-refractivity contribution < 1.29 is 4.74 Å². The van der Waals surface area contributed by atoms with Crippen LogP contribution in [0.4, 0.5) is 5.69 Å². The molecule has 1 N–H and O–H groups in total. The van der Waals surface area contributed by atoms with E-state index in [2.05, 4.69) is 5.32 Å². The van der Waals surface area contributed by atoms with Crippen molar-refractivity contribution in [2.24, 2.45) is 0 Å². The third-order valence-corrected chi connectivity index (χ3v) is 3.79. The van der Waals surface area contributed by atoms with Crippen LogP contribution < -0.4 is 10.1 Å². The third kappa shape index (κ3) is 4.30. The van der Waals surface area contributed by atoms with Gasteiger partial charge in [-0.15, -0.1) is 0 Å². The average molecular weight is 349 g/mol. The number of benzene rings is 2. The first kappa shape index (κ1) is 17.9. The number of nitrogens with one attached hydrogen (secondary N) is 1. The van der Waals surface area contributed by atoms with E-state index >= 15 is 0 Å². The molecule has 0 aromatic heterocycles. The quantitative estimate of drug-likeness (QED) is 0.786. The van der Waals surface area contributed by atoms with Crippen molar-refractivity contribution in [1.29, 1.82) is 15.8 Å². The lowest BCUT2D eigenvalue weighted by Crippen LogP contribution is -2.00. The van der Waals surface area contributed by atoms with Crippen LogP contribution in [0.3, 0.4) is 0 Å². The monoisotopic (exact) mass is 348 g/mol. The predicted molar refractivity (Wildman–Crippen MR) is 94.9 cm³/mol. The van der Waals surface area contributed by atoms with E-state index < -0.39 is 0 Å². The second-order valence-corrected chi connectivity index (χ2v) is 5.61. The lowest BCUT2D eigenvalue weighted by Gasteiger charge is -2.11. The van der Waals surface area contributed by atoms with E-state index in [1.807, 2.05) is 32.0 Å². The number of nitriles is 3. The molecular formula is C19H13ClN4O. The van der Waals surface area contributed by atoms with Crippen LogP contribution in [-0.2, 0) is 0 Å². The molecule has 0 atom stereocenters. The third-order valence-electron chi connectivity index (χ3n) is 3.49. The molecule has 0 aliphatic rings. The molecule has 5 nitrogen and oxygen atoms in total. The molecule has 0 aliphatic carbocycles. The average Bonchev–Trinajstić information content (AvgIpc) is 2.60. The van der Waals surface area contributed by atoms with Crippen LogP contribution in [0.5, 0.6) is 11.5 Å². The standard InChI is InChI=1S/C19H13ClN4O/c1-12-3-5-16(7-13(12)2)25-19-6-4-15(8-17(19)20)24-18(11-23)14(9-21)10-22/h3-8,24H,1-2H3. The summed E-state index contributed by atoms with van der Waals surface area (Å²) >= 11 is 6.23. The summed E-state index contributed by atoms with van der Waals surface area (Å²) in [6.45, 7) is 4.01. The number of hydrogen-bond acceptors (Lipinski definition) is 5. The van der Waals surface area contributed by atoms with Gasteiger partial charge in [0.05, 0.1) is 5.02 Å². The van der Waals surface area contributed by atoms with Crippen LogP contribution in [-0.4, -0.2) is 0 Å². The zero-order chi connectivity index (χ0) is 18.4. The first-order valence-corrected chi connectivity index (χ1v) is 7.62. The Morgan fingerprint density at radius 1 is 0.960 bits per heavy atom. The van der Waals surface area contributed by atoms with Crippen molar-refractivity contribution in [3.63, 3.8) is 0 Å². The van der Waals surface area contributed by atoms with Crippen LogP contribution in [0, 0.1) is 47.8 Å². The van der Waals surface area contributed by atoms with E-state index in [1.54, 1.807) is 36.4 Å². The second kappa shape index (κ2) is 7.88. The molecule has 0 saturated carbocycles. The summed E-state index contributed by atoms with van der Waals surface area (Å²) < 4.78 is 5.78. The van der Waals surface area contributed by atoms with Crippen LogP contribution in [0.1, 0.15) is 11.1 Å². The number of halogens is 1.